The van der Waals surface area contributed by atoms with Crippen LogP contribution in [0.5, 0.6) is 0 Å². The highest BCUT2D eigenvalue weighted by Gasteiger charge is 2.21. The van der Waals surface area contributed by atoms with Crippen molar-refractivity contribution in [2.45, 2.75) is 38.3 Å². The van der Waals surface area contributed by atoms with Crippen LogP contribution in [0.3, 0.4) is 0 Å². The van der Waals surface area contributed by atoms with Crippen molar-refractivity contribution < 1.29 is 14.7 Å². The Bertz CT molecular complexity index is 1250. The lowest BCUT2D eigenvalue weighted by molar-refractivity contribution is -0.138. The number of anilines is 1. The first-order valence-electron chi connectivity index (χ1n) is 12.9. The molecule has 1 heterocycles. The van der Waals surface area contributed by atoms with Crippen molar-refractivity contribution in [1.29, 1.82) is 0 Å². The molecule has 0 aliphatic carbocycles. The minimum absolute atomic E-state index is 0.0448. The van der Waals surface area contributed by atoms with Gasteiger partial charge in [0, 0.05) is 24.3 Å². The maximum atomic E-state index is 12.6. The Morgan fingerprint density at radius 1 is 0.947 bits per heavy atom. The molecule has 6 N–H and O–H groups in total. The number of guanidine groups is 1. The summed E-state index contributed by atoms with van der Waals surface area (Å²) in [4.78, 5) is 30.3. The van der Waals surface area contributed by atoms with Crippen LogP contribution < -0.4 is 21.7 Å². The van der Waals surface area contributed by atoms with E-state index in [1.807, 2.05) is 18.2 Å². The van der Waals surface area contributed by atoms with Crippen LogP contribution in [-0.4, -0.2) is 42.1 Å². The van der Waals surface area contributed by atoms with E-state index in [1.54, 1.807) is 24.3 Å². The molecule has 0 radical (unpaired) electrons. The van der Waals surface area contributed by atoms with Gasteiger partial charge in [-0.2, -0.15) is 0 Å². The van der Waals surface area contributed by atoms with Crippen molar-refractivity contribution in [2.75, 3.05) is 18.0 Å². The van der Waals surface area contributed by atoms with Gasteiger partial charge in [-0.05, 0) is 66.5 Å². The van der Waals surface area contributed by atoms with Crippen molar-refractivity contribution in [3.63, 3.8) is 0 Å². The Hall–Kier alpha value is -4.17. The molecule has 0 saturated carbocycles. The monoisotopic (exact) mass is 513 g/mol. The molecule has 0 spiro atoms. The lowest BCUT2D eigenvalue weighted by Gasteiger charge is -2.34. The van der Waals surface area contributed by atoms with Crippen molar-refractivity contribution in [3.8, 4) is 0 Å². The summed E-state index contributed by atoms with van der Waals surface area (Å²) in [7, 11) is 0. The molecule has 1 atom stereocenters. The number of benzene rings is 3. The average molecular weight is 514 g/mol. The molecule has 8 heteroatoms. The number of carbonyl (C=O) groups is 2. The third-order valence-corrected chi connectivity index (χ3v) is 6.96. The molecule has 3 aromatic carbocycles. The number of carboxylic acids is 1. The van der Waals surface area contributed by atoms with Gasteiger partial charge in [-0.3, -0.25) is 14.9 Å². The van der Waals surface area contributed by atoms with Crippen molar-refractivity contribution in [1.82, 2.24) is 5.32 Å². The van der Waals surface area contributed by atoms with E-state index >= 15 is 0 Å². The maximum Gasteiger partial charge on any atom is 0.320 e. The highest BCUT2D eigenvalue weighted by molar-refractivity contribution is 6.05. The van der Waals surface area contributed by atoms with E-state index in [4.69, 9.17) is 16.6 Å². The number of aliphatic carboxylic acids is 1. The number of para-hydroxylation sites is 1. The van der Waals surface area contributed by atoms with Gasteiger partial charge in [0.15, 0.2) is 5.96 Å². The molecule has 1 aliphatic rings. The van der Waals surface area contributed by atoms with Crippen LogP contribution in [0.1, 0.15) is 39.9 Å². The summed E-state index contributed by atoms with van der Waals surface area (Å²) in [6, 6.07) is 24.5. The zero-order valence-corrected chi connectivity index (χ0v) is 21.4. The molecular weight excluding hydrogens is 478 g/mol. The lowest BCUT2D eigenvalue weighted by atomic mass is 9.90. The van der Waals surface area contributed by atoms with Crippen LogP contribution in [0.4, 0.5) is 5.69 Å². The second kappa shape index (κ2) is 12.9. The smallest absolute Gasteiger partial charge is 0.320 e. The molecule has 198 valence electrons. The molecule has 3 aromatic rings. The van der Waals surface area contributed by atoms with Gasteiger partial charge in [-0.25, -0.2) is 4.99 Å². The van der Waals surface area contributed by atoms with Crippen molar-refractivity contribution in [2.24, 2.45) is 22.4 Å². The molecule has 4 rings (SSSR count). The molecule has 0 aromatic heterocycles. The number of nitrogens with one attached hydrogen (secondary N) is 1. The molecule has 38 heavy (non-hydrogen) atoms. The number of hydrogen-bond donors (Lipinski definition) is 4. The second-order valence-corrected chi connectivity index (χ2v) is 9.75. The van der Waals surface area contributed by atoms with Crippen LogP contribution in [0.15, 0.2) is 83.9 Å². The fraction of sp³-hybridized carbons (Fsp3) is 0.300. The maximum absolute atomic E-state index is 12.6. The van der Waals surface area contributed by atoms with Gasteiger partial charge < -0.3 is 21.5 Å². The highest BCUT2D eigenvalue weighted by atomic mass is 16.4. The van der Waals surface area contributed by atoms with Gasteiger partial charge in [0.25, 0.3) is 5.91 Å². The number of carboxylic acid groups (broad SMARTS) is 1. The number of nitrogens with two attached hydrogens (primary N) is 2. The molecule has 1 fully saturated rings. The largest absolute Gasteiger partial charge is 0.480 e. The predicted octanol–water partition coefficient (Wildman–Crippen LogP) is 3.34. The Morgan fingerprint density at radius 2 is 1.61 bits per heavy atom. The second-order valence-electron chi connectivity index (χ2n) is 9.75. The SMILES string of the molecule is NC(=NCc1ccccc1N1CCC(Cc2ccccc2)CC1)NC(=O)c1ccc(C[C@H](N)C(=O)O)cc1. The number of carbonyl (C=O) groups excluding carboxylic acids is 1. The van der Waals surface area contributed by atoms with E-state index in [9.17, 15) is 9.59 Å². The normalized spacial score (nSPS) is 15.2. The van der Waals surface area contributed by atoms with Crippen LogP contribution in [0, 0.1) is 5.92 Å². The first kappa shape index (κ1) is 26.9. The third-order valence-electron chi connectivity index (χ3n) is 6.96. The third kappa shape index (κ3) is 7.43. The van der Waals surface area contributed by atoms with Crippen LogP contribution >= 0.6 is 0 Å². The first-order valence-corrected chi connectivity index (χ1v) is 12.9. The molecule has 1 saturated heterocycles. The van der Waals surface area contributed by atoms with Crippen LogP contribution in [-0.2, 0) is 24.2 Å². The van der Waals surface area contributed by atoms with E-state index in [0.29, 0.717) is 18.0 Å². The summed E-state index contributed by atoms with van der Waals surface area (Å²) in [6.07, 6.45) is 3.60. The van der Waals surface area contributed by atoms with Crippen LogP contribution in [0.2, 0.25) is 0 Å². The van der Waals surface area contributed by atoms with Crippen LogP contribution in [0.25, 0.3) is 0 Å². The summed E-state index contributed by atoms with van der Waals surface area (Å²) in [5.41, 5.74) is 16.4. The van der Waals surface area contributed by atoms with E-state index in [2.05, 4.69) is 51.6 Å². The Balaban J connectivity index is 1.31. The molecule has 1 amide bonds. The predicted molar refractivity (Wildman–Crippen MR) is 150 cm³/mol. The number of amides is 1. The first-order chi connectivity index (χ1) is 18.4. The fourth-order valence-corrected chi connectivity index (χ4v) is 4.81. The standard InChI is InChI=1S/C30H35N5O3/c31-26(29(37)38)19-22-10-12-24(13-11-22)28(36)34-30(32)33-20-25-8-4-5-9-27(25)35-16-14-23(15-17-35)18-21-6-2-1-3-7-21/h1-13,23,26H,14-20,31H2,(H,37,38)(H3,32,33,34,36)/t26-/m0/s1. The van der Waals surface area contributed by atoms with Gasteiger partial charge in [0.2, 0.25) is 0 Å². The summed E-state index contributed by atoms with van der Waals surface area (Å²) in [6.45, 7) is 2.36. The van der Waals surface area contributed by atoms with Crippen molar-refractivity contribution in [3.05, 3.63) is 101 Å². The minimum Gasteiger partial charge on any atom is -0.480 e. The van der Waals surface area contributed by atoms with E-state index in [-0.39, 0.29) is 18.3 Å². The molecule has 0 unspecified atom stereocenters. The Labute approximate surface area is 223 Å². The summed E-state index contributed by atoms with van der Waals surface area (Å²) in [5.74, 6) is -0.713. The summed E-state index contributed by atoms with van der Waals surface area (Å²) >= 11 is 0. The van der Waals surface area contributed by atoms with E-state index < -0.39 is 12.0 Å². The highest BCUT2D eigenvalue weighted by Crippen LogP contribution is 2.28. The van der Waals surface area contributed by atoms with Gasteiger partial charge in [0.1, 0.15) is 6.04 Å². The number of nitrogens with zero attached hydrogens (tertiary/aromatic N) is 2. The average Bonchev–Trinajstić information content (AvgIpc) is 2.93. The molecular formula is C30H35N5O3. The lowest BCUT2D eigenvalue weighted by Crippen LogP contribution is -2.37. The summed E-state index contributed by atoms with van der Waals surface area (Å²) < 4.78 is 0. The zero-order valence-electron chi connectivity index (χ0n) is 21.4. The van der Waals surface area contributed by atoms with Gasteiger partial charge in [-0.15, -0.1) is 0 Å². The summed E-state index contributed by atoms with van der Waals surface area (Å²) in [5, 5.41) is 11.6. The Kier molecular flexibility index (Phi) is 9.11. The van der Waals surface area contributed by atoms with Crippen molar-refractivity contribution >= 4 is 23.5 Å². The topological polar surface area (TPSA) is 134 Å². The zero-order chi connectivity index (χ0) is 26.9. The van der Waals surface area contributed by atoms with Gasteiger partial charge in [-0.1, -0.05) is 60.7 Å². The quantitative estimate of drug-likeness (QED) is 0.256. The number of aliphatic imine (C=N–C) groups is 1. The van der Waals surface area contributed by atoms with Gasteiger partial charge in [0.05, 0.1) is 6.54 Å². The number of piperidine rings is 1. The van der Waals surface area contributed by atoms with E-state index in [1.165, 1.54) is 5.56 Å². The number of rotatable bonds is 9. The molecule has 8 nitrogen and oxygen atoms in total. The Morgan fingerprint density at radius 3 is 2.29 bits per heavy atom. The fourth-order valence-electron chi connectivity index (χ4n) is 4.81. The van der Waals surface area contributed by atoms with E-state index in [0.717, 1.165) is 49.2 Å². The molecule has 1 aliphatic heterocycles. The minimum atomic E-state index is -1.06. The molecule has 0 bridgehead atoms. The number of hydrogen-bond acceptors (Lipinski definition) is 5. The van der Waals surface area contributed by atoms with Gasteiger partial charge >= 0.3 is 5.97 Å².